The molecule has 0 saturated heterocycles. The van der Waals surface area contributed by atoms with Crippen molar-refractivity contribution >= 4 is 10.0 Å². The van der Waals surface area contributed by atoms with Crippen molar-refractivity contribution in [3.8, 4) is 11.5 Å². The Hall–Kier alpha value is -2.12. The Kier molecular flexibility index (Phi) is 6.02. The maximum atomic E-state index is 13.2. The number of hydrogen-bond donors (Lipinski definition) is 1. The highest BCUT2D eigenvalue weighted by Crippen LogP contribution is 2.31. The normalized spacial score (nSPS) is 12.7. The summed E-state index contributed by atoms with van der Waals surface area (Å²) in [6.07, 6.45) is 0.537. The van der Waals surface area contributed by atoms with E-state index in [-0.39, 0.29) is 4.90 Å². The first-order valence-electron chi connectivity index (χ1n) is 7.82. The Bertz CT molecular complexity index is 852. The zero-order chi connectivity index (χ0) is 18.6. The average molecular weight is 367 g/mol. The van der Waals surface area contributed by atoms with Crippen LogP contribution in [0.4, 0.5) is 4.39 Å². The molecule has 0 aliphatic carbocycles. The molecule has 0 aromatic heterocycles. The quantitative estimate of drug-likeness (QED) is 0.812. The maximum Gasteiger partial charge on any atom is 0.241 e. The van der Waals surface area contributed by atoms with E-state index in [0.29, 0.717) is 23.5 Å². The summed E-state index contributed by atoms with van der Waals surface area (Å²) in [4.78, 5) is 0.0628. The fraction of sp³-hybridized carbons (Fsp3) is 0.333. The van der Waals surface area contributed by atoms with E-state index in [4.69, 9.17) is 9.47 Å². The molecule has 1 unspecified atom stereocenters. The third kappa shape index (κ3) is 4.29. The topological polar surface area (TPSA) is 64.6 Å². The van der Waals surface area contributed by atoms with Crippen LogP contribution in [0, 0.1) is 12.7 Å². The van der Waals surface area contributed by atoms with Gasteiger partial charge >= 0.3 is 0 Å². The zero-order valence-corrected chi connectivity index (χ0v) is 15.5. The highest BCUT2D eigenvalue weighted by molar-refractivity contribution is 7.89. The molecule has 0 amide bonds. The van der Waals surface area contributed by atoms with Gasteiger partial charge in [-0.2, -0.15) is 0 Å². The molecule has 0 bridgehead atoms. The van der Waals surface area contributed by atoms with Gasteiger partial charge in [-0.15, -0.1) is 0 Å². The van der Waals surface area contributed by atoms with Gasteiger partial charge in [0.2, 0.25) is 10.0 Å². The monoisotopic (exact) mass is 367 g/mol. The molecule has 2 aromatic carbocycles. The predicted molar refractivity (Wildman–Crippen MR) is 94.0 cm³/mol. The minimum Gasteiger partial charge on any atom is -0.493 e. The minimum absolute atomic E-state index is 0.0628. The molecule has 136 valence electrons. The van der Waals surface area contributed by atoms with E-state index in [1.807, 2.05) is 6.92 Å². The second kappa shape index (κ2) is 7.84. The number of ether oxygens (including phenoxy) is 2. The second-order valence-electron chi connectivity index (χ2n) is 5.61. The van der Waals surface area contributed by atoms with Gasteiger partial charge in [0.1, 0.15) is 5.82 Å². The molecule has 2 aromatic rings. The van der Waals surface area contributed by atoms with E-state index < -0.39 is 21.9 Å². The Morgan fingerprint density at radius 3 is 2.32 bits per heavy atom. The van der Waals surface area contributed by atoms with Gasteiger partial charge in [-0.25, -0.2) is 17.5 Å². The molecule has 0 heterocycles. The Morgan fingerprint density at radius 1 is 1.08 bits per heavy atom. The Balaban J connectivity index is 2.35. The summed E-state index contributed by atoms with van der Waals surface area (Å²) < 4.78 is 51.8. The number of hydrogen-bond acceptors (Lipinski definition) is 4. The first-order valence-corrected chi connectivity index (χ1v) is 9.31. The standard InChI is InChI=1S/C18H22FNO4S/c1-5-15(13-6-8-16(23-3)17(11-13)24-4)20-25(21,22)18-9-7-14(19)10-12(18)2/h6-11,15,20H,5H2,1-4H3. The van der Waals surface area contributed by atoms with Crippen LogP contribution in [0.1, 0.15) is 30.5 Å². The summed E-state index contributed by atoms with van der Waals surface area (Å²) in [6, 6.07) is 8.42. The van der Waals surface area contributed by atoms with Crippen molar-refractivity contribution < 1.29 is 22.3 Å². The molecule has 1 N–H and O–H groups in total. The summed E-state index contributed by atoms with van der Waals surface area (Å²) in [5.74, 6) is 0.623. The molecular formula is C18H22FNO4S. The van der Waals surface area contributed by atoms with Gasteiger partial charge in [-0.05, 0) is 54.8 Å². The molecule has 0 aliphatic rings. The molecule has 0 aliphatic heterocycles. The largest absolute Gasteiger partial charge is 0.493 e. The molecule has 0 spiro atoms. The lowest BCUT2D eigenvalue weighted by Gasteiger charge is -2.20. The number of halogens is 1. The van der Waals surface area contributed by atoms with E-state index in [9.17, 15) is 12.8 Å². The summed E-state index contributed by atoms with van der Waals surface area (Å²) in [5.41, 5.74) is 1.11. The van der Waals surface area contributed by atoms with Crippen LogP contribution in [0.15, 0.2) is 41.3 Å². The Morgan fingerprint density at radius 2 is 1.76 bits per heavy atom. The van der Waals surface area contributed by atoms with E-state index in [1.54, 1.807) is 25.1 Å². The molecule has 25 heavy (non-hydrogen) atoms. The molecule has 0 radical (unpaired) electrons. The van der Waals surface area contributed by atoms with Crippen molar-refractivity contribution in [3.05, 3.63) is 53.3 Å². The fourth-order valence-corrected chi connectivity index (χ4v) is 4.16. The summed E-state index contributed by atoms with van der Waals surface area (Å²) >= 11 is 0. The van der Waals surface area contributed by atoms with Crippen LogP contribution in [0.3, 0.4) is 0 Å². The zero-order valence-electron chi connectivity index (χ0n) is 14.7. The maximum absolute atomic E-state index is 13.2. The molecule has 0 fully saturated rings. The van der Waals surface area contributed by atoms with Crippen LogP contribution < -0.4 is 14.2 Å². The van der Waals surface area contributed by atoms with Gasteiger partial charge in [0, 0.05) is 6.04 Å². The van der Waals surface area contributed by atoms with Crippen LogP contribution in [-0.4, -0.2) is 22.6 Å². The average Bonchev–Trinajstić information content (AvgIpc) is 2.58. The number of methoxy groups -OCH3 is 2. The van der Waals surface area contributed by atoms with Crippen molar-refractivity contribution in [1.82, 2.24) is 4.72 Å². The SMILES string of the molecule is CCC(NS(=O)(=O)c1ccc(F)cc1C)c1ccc(OC)c(OC)c1. The molecule has 0 saturated carbocycles. The van der Waals surface area contributed by atoms with Gasteiger partial charge in [0.25, 0.3) is 0 Å². The molecule has 5 nitrogen and oxygen atoms in total. The lowest BCUT2D eigenvalue weighted by molar-refractivity contribution is 0.354. The first-order chi connectivity index (χ1) is 11.8. The van der Waals surface area contributed by atoms with E-state index in [2.05, 4.69) is 4.72 Å². The molecule has 7 heteroatoms. The second-order valence-corrected chi connectivity index (χ2v) is 7.29. The number of rotatable bonds is 7. The summed E-state index contributed by atoms with van der Waals surface area (Å²) in [6.45, 7) is 3.44. The highest BCUT2D eigenvalue weighted by Gasteiger charge is 2.23. The lowest BCUT2D eigenvalue weighted by Crippen LogP contribution is -2.29. The predicted octanol–water partition coefficient (Wildman–Crippen LogP) is 3.58. The van der Waals surface area contributed by atoms with E-state index >= 15 is 0 Å². The van der Waals surface area contributed by atoms with Gasteiger partial charge < -0.3 is 9.47 Å². The van der Waals surface area contributed by atoms with Crippen LogP contribution in [-0.2, 0) is 10.0 Å². The third-order valence-corrected chi connectivity index (χ3v) is 5.57. The van der Waals surface area contributed by atoms with Crippen molar-refractivity contribution in [2.45, 2.75) is 31.2 Å². The van der Waals surface area contributed by atoms with Gasteiger partial charge in [0.05, 0.1) is 19.1 Å². The lowest BCUT2D eigenvalue weighted by atomic mass is 10.1. The number of benzene rings is 2. The molecule has 1 atom stereocenters. The van der Waals surface area contributed by atoms with E-state index in [0.717, 1.165) is 11.6 Å². The van der Waals surface area contributed by atoms with Crippen LogP contribution >= 0.6 is 0 Å². The molecular weight excluding hydrogens is 345 g/mol. The van der Waals surface area contributed by atoms with Crippen molar-refractivity contribution in [2.75, 3.05) is 14.2 Å². The number of nitrogens with one attached hydrogen (secondary N) is 1. The Labute approximate surface area is 147 Å². The summed E-state index contributed by atoms with van der Waals surface area (Å²) in [5, 5.41) is 0. The molecule has 2 rings (SSSR count). The third-order valence-electron chi connectivity index (χ3n) is 3.94. The smallest absolute Gasteiger partial charge is 0.241 e. The van der Waals surface area contributed by atoms with Gasteiger partial charge in [-0.3, -0.25) is 0 Å². The van der Waals surface area contributed by atoms with Gasteiger partial charge in [-0.1, -0.05) is 13.0 Å². The number of aryl methyl sites for hydroxylation is 1. The highest BCUT2D eigenvalue weighted by atomic mass is 32.2. The minimum atomic E-state index is -3.79. The van der Waals surface area contributed by atoms with Crippen molar-refractivity contribution in [1.29, 1.82) is 0 Å². The summed E-state index contributed by atoms with van der Waals surface area (Å²) in [7, 11) is -0.732. The van der Waals surface area contributed by atoms with Crippen LogP contribution in [0.2, 0.25) is 0 Å². The van der Waals surface area contributed by atoms with Crippen molar-refractivity contribution in [3.63, 3.8) is 0 Å². The van der Waals surface area contributed by atoms with Crippen LogP contribution in [0.5, 0.6) is 11.5 Å². The van der Waals surface area contributed by atoms with E-state index in [1.165, 1.54) is 26.4 Å². The van der Waals surface area contributed by atoms with Crippen LogP contribution in [0.25, 0.3) is 0 Å². The fourth-order valence-electron chi connectivity index (χ4n) is 2.62. The van der Waals surface area contributed by atoms with Crippen molar-refractivity contribution in [2.24, 2.45) is 0 Å². The first kappa shape index (κ1) is 19.2. The number of sulfonamides is 1. The van der Waals surface area contributed by atoms with Gasteiger partial charge in [0.15, 0.2) is 11.5 Å².